The smallest absolute Gasteiger partial charge is 0.409 e. The number of rotatable bonds is 17. The molecule has 0 aliphatic heterocycles. The lowest BCUT2D eigenvalue weighted by atomic mass is 10.2. The molecule has 0 aliphatic rings. The molecule has 0 bridgehead atoms. The Balaban J connectivity index is 1.90. The van der Waals surface area contributed by atoms with Gasteiger partial charge in [0.15, 0.2) is 0 Å². The van der Waals surface area contributed by atoms with Crippen molar-refractivity contribution in [3.63, 3.8) is 0 Å². The number of hydrogen-bond donors (Lipinski definition) is 1. The quantitative estimate of drug-likeness (QED) is 0.328. The predicted octanol–water partition coefficient (Wildman–Crippen LogP) is 2.76. The van der Waals surface area contributed by atoms with Crippen LogP contribution in [0.1, 0.15) is 26.3 Å². The minimum Gasteiger partial charge on any atom is -0.445 e. The van der Waals surface area contributed by atoms with Gasteiger partial charge in [-0.25, -0.2) is 9.59 Å². The van der Waals surface area contributed by atoms with Crippen LogP contribution in [-0.4, -0.2) is 108 Å². The zero-order valence-corrected chi connectivity index (χ0v) is 21.9. The van der Waals surface area contributed by atoms with E-state index >= 15 is 0 Å². The maximum Gasteiger partial charge on any atom is 0.409 e. The molecule has 0 radical (unpaired) electrons. The minimum atomic E-state index is -0.508. The van der Waals surface area contributed by atoms with Crippen LogP contribution >= 0.6 is 0 Å². The Kier molecular flexibility index (Phi) is 15.7. The Bertz CT molecular complexity index is 698. The topological polar surface area (TPSA) is 98.8 Å². The number of carbonyl (C=O) groups excluding carboxylic acids is 2. The number of nitrogens with zero attached hydrogens (tertiary/aromatic N) is 2. The summed E-state index contributed by atoms with van der Waals surface area (Å²) in [7, 11) is 3.72. The Morgan fingerprint density at radius 1 is 0.829 bits per heavy atom. The molecule has 0 fully saturated rings. The van der Waals surface area contributed by atoms with E-state index in [-0.39, 0.29) is 12.7 Å². The van der Waals surface area contributed by atoms with Gasteiger partial charge in [-0.15, -0.1) is 0 Å². The van der Waals surface area contributed by atoms with Crippen molar-refractivity contribution in [3.8, 4) is 0 Å². The summed E-state index contributed by atoms with van der Waals surface area (Å²) in [5, 5.41) is 2.63. The average Bonchev–Trinajstić information content (AvgIpc) is 2.81. The number of likely N-dealkylation sites (N-methyl/N-ethyl adjacent to an activating group) is 2. The molecule has 200 valence electrons. The molecule has 0 atom stereocenters. The molecule has 1 N–H and O–H groups in total. The molecule has 2 amide bonds. The van der Waals surface area contributed by atoms with E-state index in [0.717, 1.165) is 18.7 Å². The second-order valence-corrected chi connectivity index (χ2v) is 9.03. The molecule has 10 nitrogen and oxygen atoms in total. The molecule has 0 spiro atoms. The highest BCUT2D eigenvalue weighted by atomic mass is 16.6. The van der Waals surface area contributed by atoms with E-state index in [1.807, 2.05) is 58.2 Å². The Morgan fingerprint density at radius 3 is 2.06 bits per heavy atom. The van der Waals surface area contributed by atoms with Gasteiger partial charge >= 0.3 is 12.2 Å². The van der Waals surface area contributed by atoms with Gasteiger partial charge in [0.2, 0.25) is 0 Å². The van der Waals surface area contributed by atoms with Crippen LogP contribution in [0.25, 0.3) is 0 Å². The molecule has 1 aromatic rings. The van der Waals surface area contributed by atoms with E-state index in [4.69, 9.17) is 23.7 Å². The van der Waals surface area contributed by atoms with Crippen molar-refractivity contribution in [3.05, 3.63) is 35.9 Å². The van der Waals surface area contributed by atoms with Gasteiger partial charge in [-0.3, -0.25) is 0 Å². The van der Waals surface area contributed by atoms with Crippen LogP contribution in [0.15, 0.2) is 30.3 Å². The number of nitrogens with one attached hydrogen (secondary N) is 1. The molecule has 0 unspecified atom stereocenters. The molecule has 0 aliphatic carbocycles. The van der Waals surface area contributed by atoms with E-state index in [2.05, 4.69) is 10.2 Å². The first-order valence-corrected chi connectivity index (χ1v) is 12.0. The van der Waals surface area contributed by atoms with E-state index in [1.165, 1.54) is 0 Å². The Labute approximate surface area is 209 Å². The van der Waals surface area contributed by atoms with Crippen LogP contribution in [0.3, 0.4) is 0 Å². The van der Waals surface area contributed by atoms with Crippen LogP contribution in [0.5, 0.6) is 0 Å². The lowest BCUT2D eigenvalue weighted by Gasteiger charge is -2.21. The van der Waals surface area contributed by atoms with Gasteiger partial charge < -0.3 is 38.8 Å². The summed E-state index contributed by atoms with van der Waals surface area (Å²) in [6, 6.07) is 9.62. The third-order valence-corrected chi connectivity index (χ3v) is 4.61. The lowest BCUT2D eigenvalue weighted by Crippen LogP contribution is -2.36. The third kappa shape index (κ3) is 17.7. The third-order valence-electron chi connectivity index (χ3n) is 4.61. The molecular formula is C25H43N3O7. The summed E-state index contributed by atoms with van der Waals surface area (Å²) in [5.74, 6) is 0. The zero-order valence-electron chi connectivity index (χ0n) is 21.9. The molecular weight excluding hydrogens is 454 g/mol. The molecule has 0 saturated carbocycles. The highest BCUT2D eigenvalue weighted by Crippen LogP contribution is 2.06. The van der Waals surface area contributed by atoms with Crippen molar-refractivity contribution in [1.82, 2.24) is 15.1 Å². The maximum atomic E-state index is 12.1. The monoisotopic (exact) mass is 497 g/mol. The summed E-state index contributed by atoms with van der Waals surface area (Å²) < 4.78 is 26.9. The van der Waals surface area contributed by atoms with Crippen molar-refractivity contribution in [2.24, 2.45) is 0 Å². The van der Waals surface area contributed by atoms with Crippen LogP contribution in [0.2, 0.25) is 0 Å². The van der Waals surface area contributed by atoms with Gasteiger partial charge in [-0.05, 0) is 33.4 Å². The van der Waals surface area contributed by atoms with Gasteiger partial charge in [0.1, 0.15) is 12.2 Å². The fourth-order valence-electron chi connectivity index (χ4n) is 2.66. The summed E-state index contributed by atoms with van der Waals surface area (Å²) in [6.45, 7) is 11.0. The van der Waals surface area contributed by atoms with Crippen molar-refractivity contribution in [2.45, 2.75) is 33.0 Å². The number of amides is 2. The van der Waals surface area contributed by atoms with Gasteiger partial charge in [0.25, 0.3) is 0 Å². The van der Waals surface area contributed by atoms with Crippen molar-refractivity contribution in [1.29, 1.82) is 0 Å². The van der Waals surface area contributed by atoms with Crippen molar-refractivity contribution in [2.75, 3.05) is 79.9 Å². The largest absolute Gasteiger partial charge is 0.445 e. The normalized spacial score (nSPS) is 11.4. The predicted molar refractivity (Wildman–Crippen MR) is 133 cm³/mol. The molecule has 1 rings (SSSR count). The number of alkyl carbamates (subject to hydrolysis) is 1. The number of ether oxygens (including phenoxy) is 5. The first-order valence-electron chi connectivity index (χ1n) is 12.0. The van der Waals surface area contributed by atoms with Crippen molar-refractivity contribution < 1.29 is 33.3 Å². The summed E-state index contributed by atoms with van der Waals surface area (Å²) >= 11 is 0. The fraction of sp³-hybridized carbons (Fsp3) is 0.680. The van der Waals surface area contributed by atoms with Crippen molar-refractivity contribution >= 4 is 12.2 Å². The Hall–Kier alpha value is -2.40. The van der Waals surface area contributed by atoms with E-state index in [0.29, 0.717) is 52.7 Å². The van der Waals surface area contributed by atoms with Gasteiger partial charge in [-0.1, -0.05) is 30.3 Å². The van der Waals surface area contributed by atoms with Crippen LogP contribution in [-0.2, 0) is 30.3 Å². The number of benzene rings is 1. The summed E-state index contributed by atoms with van der Waals surface area (Å²) in [4.78, 5) is 27.2. The molecule has 0 aromatic heterocycles. The summed E-state index contributed by atoms with van der Waals surface area (Å²) in [6.07, 6.45) is -0.785. The first kappa shape index (κ1) is 30.6. The second kappa shape index (κ2) is 18.0. The molecule has 0 saturated heterocycles. The zero-order chi connectivity index (χ0) is 25.9. The van der Waals surface area contributed by atoms with Crippen LogP contribution < -0.4 is 5.32 Å². The van der Waals surface area contributed by atoms with Gasteiger partial charge in [0, 0.05) is 33.2 Å². The summed E-state index contributed by atoms with van der Waals surface area (Å²) in [5.41, 5.74) is 0.457. The molecule has 35 heavy (non-hydrogen) atoms. The molecule has 10 heteroatoms. The number of carbonyl (C=O) groups is 2. The Morgan fingerprint density at radius 2 is 1.43 bits per heavy atom. The van der Waals surface area contributed by atoms with Gasteiger partial charge in [0.05, 0.1) is 39.6 Å². The highest BCUT2D eigenvalue weighted by molar-refractivity contribution is 5.67. The molecule has 1 aromatic carbocycles. The van der Waals surface area contributed by atoms with Crippen LogP contribution in [0.4, 0.5) is 9.59 Å². The minimum absolute atomic E-state index is 0.271. The highest BCUT2D eigenvalue weighted by Gasteiger charge is 2.15. The first-order chi connectivity index (χ1) is 16.7. The molecule has 0 heterocycles. The van der Waals surface area contributed by atoms with Gasteiger partial charge in [-0.2, -0.15) is 0 Å². The van der Waals surface area contributed by atoms with E-state index < -0.39 is 11.7 Å². The van der Waals surface area contributed by atoms with E-state index in [9.17, 15) is 9.59 Å². The SMILES string of the molecule is CN(CCOCCOCCOCCNC(=O)OC(C)(C)C)CCN(C)C(=O)OCc1ccccc1. The second-order valence-electron chi connectivity index (χ2n) is 9.03. The average molecular weight is 498 g/mol. The number of hydrogen-bond acceptors (Lipinski definition) is 8. The standard InChI is InChI=1S/C25H43N3O7/c1-25(2,3)35-23(29)26-11-15-31-17-19-33-20-18-32-16-14-27(4)12-13-28(5)24(30)34-21-22-9-7-6-8-10-22/h6-10H,11-21H2,1-5H3,(H,26,29). The van der Waals surface area contributed by atoms with E-state index in [1.54, 1.807) is 11.9 Å². The fourth-order valence-corrected chi connectivity index (χ4v) is 2.66. The maximum absolute atomic E-state index is 12.1. The lowest BCUT2D eigenvalue weighted by molar-refractivity contribution is 0.0109. The van der Waals surface area contributed by atoms with Crippen LogP contribution in [0, 0.1) is 0 Å².